The molecule has 0 amide bonds. The van der Waals surface area contributed by atoms with Crippen molar-refractivity contribution in [3.05, 3.63) is 23.0 Å². The van der Waals surface area contributed by atoms with Gasteiger partial charge in [0.1, 0.15) is 0 Å². The average molecular weight is 118 g/mol. The second-order valence-corrected chi connectivity index (χ2v) is 1.28. The van der Waals surface area contributed by atoms with Gasteiger partial charge in [0.2, 0.25) is 0 Å². The van der Waals surface area contributed by atoms with E-state index < -0.39 is 0 Å². The van der Waals surface area contributed by atoms with Crippen LogP contribution in [0.5, 0.6) is 0 Å². The fourth-order valence-corrected chi connectivity index (χ4v) is 0.298. The molecule has 0 N–H and O–H groups in total. The van der Waals surface area contributed by atoms with Crippen LogP contribution in [0.15, 0.2) is 23.0 Å². The summed E-state index contributed by atoms with van der Waals surface area (Å²) >= 11 is 7.58. The summed E-state index contributed by atoms with van der Waals surface area (Å²) in [6.07, 6.45) is 3.58. The SMILES string of the molecule is SC=C/C=C\S. The number of thiol groups is 2. The molecule has 0 saturated heterocycles. The zero-order valence-corrected chi connectivity index (χ0v) is 4.99. The molecule has 0 aliphatic rings. The highest BCUT2D eigenvalue weighted by atomic mass is 32.1. The molecule has 0 aliphatic carbocycles. The molecule has 0 aromatic carbocycles. The Kier molecular flexibility index (Phi) is 5.34. The van der Waals surface area contributed by atoms with E-state index in [9.17, 15) is 0 Å². The molecule has 0 atom stereocenters. The molecule has 2 heteroatoms. The Morgan fingerprint density at radius 2 is 1.17 bits per heavy atom. The Bertz CT molecular complexity index is 53.9. The molecule has 0 fully saturated rings. The molecule has 0 aromatic heterocycles. The fourth-order valence-electron chi connectivity index (χ4n) is 0.0994. The van der Waals surface area contributed by atoms with Crippen molar-refractivity contribution >= 4 is 25.3 Å². The molecule has 0 heterocycles. The minimum Gasteiger partial charge on any atom is -0.151 e. The van der Waals surface area contributed by atoms with Gasteiger partial charge >= 0.3 is 0 Å². The van der Waals surface area contributed by atoms with Gasteiger partial charge in [0.15, 0.2) is 0 Å². The molecule has 0 rings (SSSR count). The van der Waals surface area contributed by atoms with Crippen LogP contribution in [0.1, 0.15) is 0 Å². The van der Waals surface area contributed by atoms with Crippen LogP contribution in [-0.4, -0.2) is 0 Å². The van der Waals surface area contributed by atoms with Gasteiger partial charge in [-0.25, -0.2) is 0 Å². The first-order valence-corrected chi connectivity index (χ1v) is 2.55. The van der Waals surface area contributed by atoms with E-state index in [4.69, 9.17) is 0 Å². The maximum atomic E-state index is 3.79. The van der Waals surface area contributed by atoms with Gasteiger partial charge in [-0.15, -0.1) is 0 Å². The standard InChI is InChI=1S/C4H6S2/c5-3-1-2-4-6/h1-6H/b3-1-,4-2?. The third kappa shape index (κ3) is 4.18. The zero-order valence-electron chi connectivity index (χ0n) is 3.20. The molecule has 0 bridgehead atoms. The Morgan fingerprint density at radius 1 is 0.833 bits per heavy atom. The van der Waals surface area contributed by atoms with Crippen LogP contribution < -0.4 is 0 Å². The molecular formula is C4H6S2. The molecule has 0 aliphatic heterocycles. The molecular weight excluding hydrogens is 112 g/mol. The average Bonchev–Trinajstić information content (AvgIpc) is 1.61. The minimum absolute atomic E-state index is 1.65. The van der Waals surface area contributed by atoms with Gasteiger partial charge in [-0.05, 0) is 10.8 Å². The van der Waals surface area contributed by atoms with Gasteiger partial charge in [-0.2, -0.15) is 25.3 Å². The van der Waals surface area contributed by atoms with Crippen LogP contribution in [0.4, 0.5) is 0 Å². The van der Waals surface area contributed by atoms with Crippen molar-refractivity contribution in [2.75, 3.05) is 0 Å². The molecule has 0 nitrogen and oxygen atoms in total. The minimum atomic E-state index is 1.65. The lowest BCUT2D eigenvalue weighted by Crippen LogP contribution is -1.34. The van der Waals surface area contributed by atoms with Gasteiger partial charge in [0.25, 0.3) is 0 Å². The molecule has 0 saturated carbocycles. The summed E-state index contributed by atoms with van der Waals surface area (Å²) in [6, 6.07) is 0. The third-order valence-electron chi connectivity index (χ3n) is 0.283. The van der Waals surface area contributed by atoms with E-state index in [1.807, 2.05) is 0 Å². The van der Waals surface area contributed by atoms with E-state index in [0.29, 0.717) is 0 Å². The second-order valence-electron chi connectivity index (χ2n) is 0.683. The lowest BCUT2D eigenvalue weighted by molar-refractivity contribution is 2.11. The predicted octanol–water partition coefficient (Wildman–Crippen LogP) is 1.87. The van der Waals surface area contributed by atoms with E-state index in [1.54, 1.807) is 23.0 Å². The zero-order chi connectivity index (χ0) is 4.83. The van der Waals surface area contributed by atoms with Crippen LogP contribution in [0.25, 0.3) is 0 Å². The maximum absolute atomic E-state index is 3.79. The molecule has 0 radical (unpaired) electrons. The highest BCUT2D eigenvalue weighted by molar-refractivity contribution is 7.83. The van der Waals surface area contributed by atoms with E-state index in [2.05, 4.69) is 25.3 Å². The normalized spacial score (nSPS) is 11.7. The monoisotopic (exact) mass is 118 g/mol. The van der Waals surface area contributed by atoms with Crippen molar-refractivity contribution in [2.45, 2.75) is 0 Å². The van der Waals surface area contributed by atoms with E-state index in [-0.39, 0.29) is 0 Å². The second kappa shape index (κ2) is 5.18. The maximum Gasteiger partial charge on any atom is -0.0324 e. The largest absolute Gasteiger partial charge is 0.151 e. The fraction of sp³-hybridized carbons (Fsp3) is 0. The highest BCUT2D eigenvalue weighted by Crippen LogP contribution is 1.80. The molecule has 0 spiro atoms. The van der Waals surface area contributed by atoms with Crippen molar-refractivity contribution in [3.63, 3.8) is 0 Å². The summed E-state index contributed by atoms with van der Waals surface area (Å²) in [6.45, 7) is 0. The first-order valence-electron chi connectivity index (χ1n) is 1.52. The number of hydrogen-bond donors (Lipinski definition) is 2. The van der Waals surface area contributed by atoms with Crippen LogP contribution in [0.3, 0.4) is 0 Å². The molecule has 0 unspecified atom stereocenters. The predicted molar refractivity (Wildman–Crippen MR) is 36.3 cm³/mol. The van der Waals surface area contributed by atoms with Gasteiger partial charge in [0, 0.05) is 0 Å². The smallest absolute Gasteiger partial charge is 0.0324 e. The molecule has 0 aromatic rings. The van der Waals surface area contributed by atoms with Crippen molar-refractivity contribution in [1.82, 2.24) is 0 Å². The lowest BCUT2D eigenvalue weighted by Gasteiger charge is -1.61. The van der Waals surface area contributed by atoms with Crippen molar-refractivity contribution in [2.24, 2.45) is 0 Å². The van der Waals surface area contributed by atoms with Crippen molar-refractivity contribution in [1.29, 1.82) is 0 Å². The van der Waals surface area contributed by atoms with Crippen molar-refractivity contribution < 1.29 is 0 Å². The van der Waals surface area contributed by atoms with Gasteiger partial charge in [0.05, 0.1) is 0 Å². The van der Waals surface area contributed by atoms with Gasteiger partial charge < -0.3 is 0 Å². The van der Waals surface area contributed by atoms with Crippen LogP contribution in [-0.2, 0) is 0 Å². The summed E-state index contributed by atoms with van der Waals surface area (Å²) in [5.41, 5.74) is 0. The first kappa shape index (κ1) is 6.18. The Labute approximate surface area is 48.8 Å². The topological polar surface area (TPSA) is 0 Å². The summed E-state index contributed by atoms with van der Waals surface area (Å²) in [5, 5.41) is 3.29. The van der Waals surface area contributed by atoms with Gasteiger partial charge in [-0.1, -0.05) is 12.2 Å². The highest BCUT2D eigenvalue weighted by Gasteiger charge is 1.49. The van der Waals surface area contributed by atoms with Crippen LogP contribution in [0, 0.1) is 0 Å². The number of hydrogen-bond acceptors (Lipinski definition) is 2. The van der Waals surface area contributed by atoms with Crippen LogP contribution in [0.2, 0.25) is 0 Å². The van der Waals surface area contributed by atoms with E-state index in [1.165, 1.54) is 0 Å². The lowest BCUT2D eigenvalue weighted by atomic mass is 10.6. The molecule has 34 valence electrons. The Morgan fingerprint density at radius 3 is 1.33 bits per heavy atom. The van der Waals surface area contributed by atoms with Crippen molar-refractivity contribution in [3.8, 4) is 0 Å². The Balaban J connectivity index is 3.07. The quantitative estimate of drug-likeness (QED) is 0.381. The first-order chi connectivity index (χ1) is 2.91. The van der Waals surface area contributed by atoms with Crippen LogP contribution >= 0.6 is 25.3 Å². The van der Waals surface area contributed by atoms with E-state index >= 15 is 0 Å². The number of rotatable bonds is 1. The Hall–Kier alpha value is 0.180. The number of allylic oxidation sites excluding steroid dienone is 2. The summed E-state index contributed by atoms with van der Waals surface area (Å²) in [7, 11) is 0. The van der Waals surface area contributed by atoms with E-state index in [0.717, 1.165) is 0 Å². The summed E-state index contributed by atoms with van der Waals surface area (Å²) in [5.74, 6) is 0. The summed E-state index contributed by atoms with van der Waals surface area (Å²) in [4.78, 5) is 0. The third-order valence-corrected chi connectivity index (χ3v) is 0.628. The molecule has 6 heavy (non-hydrogen) atoms. The van der Waals surface area contributed by atoms with Gasteiger partial charge in [-0.3, -0.25) is 0 Å². The summed E-state index contributed by atoms with van der Waals surface area (Å²) < 4.78 is 0.